The number of aryl methyl sites for hydroxylation is 1. The molecule has 166 valence electrons. The Balaban J connectivity index is 1.73. The van der Waals surface area contributed by atoms with Crippen molar-refractivity contribution in [3.63, 3.8) is 0 Å². The number of nitrogens with zero attached hydrogens (tertiary/aromatic N) is 1. The molecule has 1 heterocycles. The summed E-state index contributed by atoms with van der Waals surface area (Å²) in [5.41, 5.74) is 5.39. The summed E-state index contributed by atoms with van der Waals surface area (Å²) in [5, 5.41) is 0. The molecule has 1 aromatic heterocycles. The van der Waals surface area contributed by atoms with Gasteiger partial charge in [0.25, 0.3) is 0 Å². The van der Waals surface area contributed by atoms with Gasteiger partial charge in [-0.3, -0.25) is 0 Å². The number of benzene rings is 3. The first-order valence-corrected chi connectivity index (χ1v) is 10.9. The van der Waals surface area contributed by atoms with E-state index in [1.807, 2.05) is 60.7 Å². The Morgan fingerprint density at radius 3 is 2.39 bits per heavy atom. The van der Waals surface area contributed by atoms with Crippen LogP contribution >= 0.6 is 0 Å². The Hall–Kier alpha value is -3.92. The molecule has 4 aromatic rings. The van der Waals surface area contributed by atoms with E-state index in [-0.39, 0.29) is 5.82 Å². The first-order chi connectivity index (χ1) is 16.2. The zero-order valence-electron chi connectivity index (χ0n) is 18.8. The average Bonchev–Trinajstić information content (AvgIpc) is 2.87. The first kappa shape index (κ1) is 22.3. The van der Waals surface area contributed by atoms with Crippen molar-refractivity contribution in [2.45, 2.75) is 20.0 Å². The molecule has 0 N–H and O–H groups in total. The van der Waals surface area contributed by atoms with Gasteiger partial charge in [0, 0.05) is 22.9 Å². The topological polar surface area (TPSA) is 31.4 Å². The minimum Gasteiger partial charge on any atom is -0.496 e. The Morgan fingerprint density at radius 2 is 1.64 bits per heavy atom. The van der Waals surface area contributed by atoms with E-state index in [4.69, 9.17) is 9.47 Å². The standard InChI is InChI=1S/C29H26FNO2/c1-3-22-18-25(19-24(28(22)32-2)16-15-23-12-7-8-14-27(23)30)26-13-9-17-31-29(26)33-20-21-10-5-4-6-11-21/h4-19H,3,20H2,1-2H3. The predicted octanol–water partition coefficient (Wildman–Crippen LogP) is 7.21. The van der Waals surface area contributed by atoms with Gasteiger partial charge in [0.05, 0.1) is 7.11 Å². The fourth-order valence-electron chi connectivity index (χ4n) is 3.75. The van der Waals surface area contributed by atoms with Crippen LogP contribution in [0.3, 0.4) is 0 Å². The molecular formula is C29H26FNO2. The quantitative estimate of drug-likeness (QED) is 0.272. The highest BCUT2D eigenvalue weighted by Gasteiger charge is 2.14. The smallest absolute Gasteiger partial charge is 0.221 e. The second kappa shape index (κ2) is 10.6. The number of pyridine rings is 1. The average molecular weight is 440 g/mol. The molecule has 0 unspecified atom stereocenters. The summed E-state index contributed by atoms with van der Waals surface area (Å²) in [6.45, 7) is 2.52. The fraction of sp³-hybridized carbons (Fsp3) is 0.138. The van der Waals surface area contributed by atoms with Crippen LogP contribution in [0.4, 0.5) is 4.39 Å². The number of hydrogen-bond donors (Lipinski definition) is 0. The van der Waals surface area contributed by atoms with Crippen LogP contribution < -0.4 is 9.47 Å². The lowest BCUT2D eigenvalue weighted by Gasteiger charge is -2.16. The van der Waals surface area contributed by atoms with Crippen molar-refractivity contribution >= 4 is 12.2 Å². The molecule has 0 aliphatic rings. The second-order valence-electron chi connectivity index (χ2n) is 7.60. The zero-order chi connectivity index (χ0) is 23.0. The number of ether oxygens (including phenoxy) is 2. The van der Waals surface area contributed by atoms with E-state index in [0.717, 1.165) is 40.0 Å². The van der Waals surface area contributed by atoms with Crippen molar-refractivity contribution in [2.75, 3.05) is 7.11 Å². The van der Waals surface area contributed by atoms with Gasteiger partial charge in [-0.2, -0.15) is 0 Å². The molecule has 0 bridgehead atoms. The maximum absolute atomic E-state index is 14.1. The molecule has 0 aliphatic carbocycles. The van der Waals surface area contributed by atoms with E-state index >= 15 is 0 Å². The monoisotopic (exact) mass is 439 g/mol. The third-order valence-corrected chi connectivity index (χ3v) is 5.43. The maximum Gasteiger partial charge on any atom is 0.221 e. The van der Waals surface area contributed by atoms with Gasteiger partial charge in [-0.05, 0) is 53.4 Å². The van der Waals surface area contributed by atoms with Gasteiger partial charge in [0.15, 0.2) is 0 Å². The predicted molar refractivity (Wildman–Crippen MR) is 132 cm³/mol. The van der Waals surface area contributed by atoms with Crippen molar-refractivity contribution in [1.29, 1.82) is 0 Å². The van der Waals surface area contributed by atoms with Gasteiger partial charge in [-0.1, -0.05) is 67.6 Å². The van der Waals surface area contributed by atoms with Crippen LogP contribution in [-0.2, 0) is 13.0 Å². The number of aromatic nitrogens is 1. The highest BCUT2D eigenvalue weighted by atomic mass is 19.1. The summed E-state index contributed by atoms with van der Waals surface area (Å²) >= 11 is 0. The van der Waals surface area contributed by atoms with E-state index < -0.39 is 0 Å². The lowest BCUT2D eigenvalue weighted by atomic mass is 9.97. The Kier molecular flexibility index (Phi) is 7.16. The molecule has 0 fully saturated rings. The third-order valence-electron chi connectivity index (χ3n) is 5.43. The SMILES string of the molecule is CCc1cc(-c2cccnc2OCc2ccccc2)cc(C=Cc2ccccc2F)c1OC. The molecule has 3 aromatic carbocycles. The van der Waals surface area contributed by atoms with Crippen LogP contribution in [0.15, 0.2) is 85.1 Å². The van der Waals surface area contributed by atoms with Gasteiger partial charge < -0.3 is 9.47 Å². The summed E-state index contributed by atoms with van der Waals surface area (Å²) in [4.78, 5) is 4.48. The van der Waals surface area contributed by atoms with E-state index in [1.54, 1.807) is 31.5 Å². The maximum atomic E-state index is 14.1. The molecular weight excluding hydrogens is 413 g/mol. The summed E-state index contributed by atoms with van der Waals surface area (Å²) < 4.78 is 25.9. The van der Waals surface area contributed by atoms with Crippen LogP contribution in [-0.4, -0.2) is 12.1 Å². The molecule has 4 heteroatoms. The summed E-state index contributed by atoms with van der Waals surface area (Å²) in [7, 11) is 1.66. The molecule has 0 atom stereocenters. The molecule has 33 heavy (non-hydrogen) atoms. The lowest BCUT2D eigenvalue weighted by Crippen LogP contribution is -2.00. The number of rotatable bonds is 8. The van der Waals surface area contributed by atoms with Gasteiger partial charge in [0.1, 0.15) is 18.2 Å². The normalized spacial score (nSPS) is 11.0. The Bertz CT molecular complexity index is 1250. The van der Waals surface area contributed by atoms with E-state index in [1.165, 1.54) is 6.07 Å². The largest absolute Gasteiger partial charge is 0.496 e. The summed E-state index contributed by atoms with van der Waals surface area (Å²) in [5.74, 6) is 1.09. The van der Waals surface area contributed by atoms with Crippen LogP contribution in [0.5, 0.6) is 11.6 Å². The molecule has 0 aliphatic heterocycles. The molecule has 0 spiro atoms. The zero-order valence-corrected chi connectivity index (χ0v) is 18.8. The van der Waals surface area contributed by atoms with Crippen molar-refractivity contribution in [3.8, 4) is 22.8 Å². The third kappa shape index (κ3) is 5.29. The Morgan fingerprint density at radius 1 is 0.879 bits per heavy atom. The number of methoxy groups -OCH3 is 1. The van der Waals surface area contributed by atoms with Crippen molar-refractivity contribution < 1.29 is 13.9 Å². The summed E-state index contributed by atoms with van der Waals surface area (Å²) in [6.07, 6.45) is 6.18. The molecule has 0 radical (unpaired) electrons. The highest BCUT2D eigenvalue weighted by molar-refractivity contribution is 5.79. The van der Waals surface area contributed by atoms with E-state index in [2.05, 4.69) is 18.0 Å². The van der Waals surface area contributed by atoms with Gasteiger partial charge >= 0.3 is 0 Å². The minimum atomic E-state index is -0.261. The molecule has 0 saturated heterocycles. The van der Waals surface area contributed by atoms with Gasteiger partial charge in [-0.15, -0.1) is 0 Å². The van der Waals surface area contributed by atoms with E-state index in [9.17, 15) is 4.39 Å². The van der Waals surface area contributed by atoms with Crippen LogP contribution in [0.25, 0.3) is 23.3 Å². The van der Waals surface area contributed by atoms with Crippen LogP contribution in [0.1, 0.15) is 29.2 Å². The van der Waals surface area contributed by atoms with Crippen molar-refractivity contribution in [3.05, 3.63) is 113 Å². The second-order valence-corrected chi connectivity index (χ2v) is 7.60. The van der Waals surface area contributed by atoms with Crippen molar-refractivity contribution in [2.24, 2.45) is 0 Å². The molecule has 4 rings (SSSR count). The highest BCUT2D eigenvalue weighted by Crippen LogP contribution is 2.36. The lowest BCUT2D eigenvalue weighted by molar-refractivity contribution is 0.295. The fourth-order valence-corrected chi connectivity index (χ4v) is 3.75. The van der Waals surface area contributed by atoms with Crippen molar-refractivity contribution in [1.82, 2.24) is 4.98 Å². The minimum absolute atomic E-state index is 0.261. The molecule has 3 nitrogen and oxygen atoms in total. The Labute approximate surface area is 194 Å². The molecule has 0 saturated carbocycles. The number of hydrogen-bond acceptors (Lipinski definition) is 3. The van der Waals surface area contributed by atoms with Gasteiger partial charge in [0.2, 0.25) is 5.88 Å². The first-order valence-electron chi connectivity index (χ1n) is 10.9. The van der Waals surface area contributed by atoms with Gasteiger partial charge in [-0.25, -0.2) is 9.37 Å². The summed E-state index contributed by atoms with van der Waals surface area (Å²) in [6, 6.07) is 24.7. The van der Waals surface area contributed by atoms with E-state index in [0.29, 0.717) is 18.1 Å². The van der Waals surface area contributed by atoms with Crippen LogP contribution in [0, 0.1) is 5.82 Å². The molecule has 0 amide bonds. The number of halogens is 1. The van der Waals surface area contributed by atoms with Crippen LogP contribution in [0.2, 0.25) is 0 Å².